The van der Waals surface area contributed by atoms with E-state index >= 15 is 0 Å². The lowest BCUT2D eigenvalue weighted by molar-refractivity contribution is -0.120. The highest BCUT2D eigenvalue weighted by atomic mass is 16.3. The number of aromatic amines is 1. The summed E-state index contributed by atoms with van der Waals surface area (Å²) in [6.07, 6.45) is 6.76. The number of carbonyl (C=O) groups excluding carboxylic acids is 2. The van der Waals surface area contributed by atoms with Crippen LogP contribution in [0.5, 0.6) is 0 Å². The van der Waals surface area contributed by atoms with Crippen molar-refractivity contribution < 1.29 is 14.0 Å². The second-order valence-electron chi connectivity index (χ2n) is 4.47. The number of furan rings is 1. The number of H-pyrrole nitrogens is 1. The molecule has 0 spiro atoms. The van der Waals surface area contributed by atoms with E-state index < -0.39 is 0 Å². The molecule has 0 atom stereocenters. The molecule has 0 aliphatic heterocycles. The maximum atomic E-state index is 11.6. The molecule has 0 saturated carbocycles. The fourth-order valence-corrected chi connectivity index (χ4v) is 1.79. The molecular formula is C14H18N4O3. The lowest BCUT2D eigenvalue weighted by Crippen LogP contribution is -2.31. The van der Waals surface area contributed by atoms with Gasteiger partial charge in [0.15, 0.2) is 5.76 Å². The normalized spacial score (nSPS) is 10.3. The Morgan fingerprint density at radius 3 is 2.90 bits per heavy atom. The molecule has 112 valence electrons. The van der Waals surface area contributed by atoms with Gasteiger partial charge in [0.2, 0.25) is 5.91 Å². The number of aryl methyl sites for hydroxylation is 1. The Morgan fingerprint density at radius 2 is 2.19 bits per heavy atom. The number of carbonyl (C=O) groups is 2. The van der Waals surface area contributed by atoms with Gasteiger partial charge in [-0.2, -0.15) is 0 Å². The first-order valence-electron chi connectivity index (χ1n) is 6.82. The van der Waals surface area contributed by atoms with Gasteiger partial charge in [-0.3, -0.25) is 9.59 Å². The Morgan fingerprint density at radius 1 is 1.29 bits per heavy atom. The van der Waals surface area contributed by atoms with Gasteiger partial charge in [-0.05, 0) is 18.6 Å². The quantitative estimate of drug-likeness (QED) is 0.628. The van der Waals surface area contributed by atoms with Crippen LogP contribution in [0.25, 0.3) is 0 Å². The monoisotopic (exact) mass is 290 g/mol. The average molecular weight is 290 g/mol. The van der Waals surface area contributed by atoms with Crippen LogP contribution in [-0.4, -0.2) is 34.9 Å². The van der Waals surface area contributed by atoms with Crippen molar-refractivity contribution in [3.8, 4) is 0 Å². The minimum absolute atomic E-state index is 0.0887. The number of nitrogens with zero attached hydrogens (tertiary/aromatic N) is 1. The summed E-state index contributed by atoms with van der Waals surface area (Å²) in [6.45, 7) is 0.870. The van der Waals surface area contributed by atoms with Gasteiger partial charge in [0.1, 0.15) is 5.82 Å². The van der Waals surface area contributed by atoms with Crippen molar-refractivity contribution >= 4 is 11.8 Å². The van der Waals surface area contributed by atoms with Crippen molar-refractivity contribution in [1.29, 1.82) is 0 Å². The topological polar surface area (TPSA) is 100 Å². The smallest absolute Gasteiger partial charge is 0.286 e. The Bertz CT molecular complexity index is 549. The molecule has 0 aromatic carbocycles. The SMILES string of the molecule is O=C(CCNC(=O)c1ccco1)NCCCc1ncc[nH]1. The van der Waals surface area contributed by atoms with Gasteiger partial charge in [0, 0.05) is 38.3 Å². The molecule has 2 aromatic heterocycles. The van der Waals surface area contributed by atoms with Gasteiger partial charge in [0.25, 0.3) is 5.91 Å². The molecule has 7 heteroatoms. The second kappa shape index (κ2) is 7.88. The highest BCUT2D eigenvalue weighted by Crippen LogP contribution is 1.98. The minimum atomic E-state index is -0.314. The zero-order chi connectivity index (χ0) is 14.9. The van der Waals surface area contributed by atoms with E-state index in [9.17, 15) is 9.59 Å². The van der Waals surface area contributed by atoms with E-state index in [1.807, 2.05) is 0 Å². The third-order valence-electron chi connectivity index (χ3n) is 2.85. The van der Waals surface area contributed by atoms with Crippen molar-refractivity contribution in [2.45, 2.75) is 19.3 Å². The predicted molar refractivity (Wildman–Crippen MR) is 75.6 cm³/mol. The van der Waals surface area contributed by atoms with Gasteiger partial charge in [-0.25, -0.2) is 4.98 Å². The van der Waals surface area contributed by atoms with Crippen LogP contribution in [0.15, 0.2) is 35.2 Å². The van der Waals surface area contributed by atoms with Crippen LogP contribution in [0.1, 0.15) is 29.2 Å². The van der Waals surface area contributed by atoms with Gasteiger partial charge >= 0.3 is 0 Å². The van der Waals surface area contributed by atoms with Crippen LogP contribution in [-0.2, 0) is 11.2 Å². The van der Waals surface area contributed by atoms with Gasteiger partial charge < -0.3 is 20.0 Å². The highest BCUT2D eigenvalue weighted by molar-refractivity contribution is 5.91. The fraction of sp³-hybridized carbons (Fsp3) is 0.357. The molecule has 0 saturated heterocycles. The van der Waals surface area contributed by atoms with Gasteiger partial charge in [0.05, 0.1) is 6.26 Å². The number of rotatable bonds is 8. The number of hydrogen-bond acceptors (Lipinski definition) is 4. The lowest BCUT2D eigenvalue weighted by atomic mass is 10.3. The van der Waals surface area contributed by atoms with Crippen LogP contribution < -0.4 is 10.6 Å². The van der Waals surface area contributed by atoms with Crippen LogP contribution in [0.4, 0.5) is 0 Å². The fourth-order valence-electron chi connectivity index (χ4n) is 1.79. The summed E-state index contributed by atoms with van der Waals surface area (Å²) in [4.78, 5) is 30.2. The summed E-state index contributed by atoms with van der Waals surface area (Å²) < 4.78 is 4.95. The molecule has 3 N–H and O–H groups in total. The van der Waals surface area contributed by atoms with Crippen LogP contribution in [0, 0.1) is 0 Å². The largest absolute Gasteiger partial charge is 0.459 e. The Kier molecular flexibility index (Phi) is 5.57. The molecular weight excluding hydrogens is 272 g/mol. The Labute approximate surface area is 122 Å². The highest BCUT2D eigenvalue weighted by Gasteiger charge is 2.08. The van der Waals surface area contributed by atoms with Crippen LogP contribution in [0.3, 0.4) is 0 Å². The van der Waals surface area contributed by atoms with Crippen molar-refractivity contribution in [2.24, 2.45) is 0 Å². The summed E-state index contributed by atoms with van der Waals surface area (Å²) in [6, 6.07) is 3.21. The van der Waals surface area contributed by atoms with Crippen LogP contribution in [0.2, 0.25) is 0 Å². The summed E-state index contributed by atoms with van der Waals surface area (Å²) in [7, 11) is 0. The first-order chi connectivity index (χ1) is 10.3. The summed E-state index contributed by atoms with van der Waals surface area (Å²) in [5, 5.41) is 5.42. The van der Waals surface area contributed by atoms with Gasteiger partial charge in [-0.1, -0.05) is 0 Å². The molecule has 2 amide bonds. The number of aromatic nitrogens is 2. The molecule has 2 aromatic rings. The molecule has 21 heavy (non-hydrogen) atoms. The van der Waals surface area contributed by atoms with Gasteiger partial charge in [-0.15, -0.1) is 0 Å². The third-order valence-corrected chi connectivity index (χ3v) is 2.85. The molecule has 0 bridgehead atoms. The van der Waals surface area contributed by atoms with E-state index in [0.29, 0.717) is 6.54 Å². The molecule has 7 nitrogen and oxygen atoms in total. The van der Waals surface area contributed by atoms with E-state index in [2.05, 4.69) is 20.6 Å². The van der Waals surface area contributed by atoms with E-state index in [0.717, 1.165) is 18.7 Å². The van der Waals surface area contributed by atoms with Crippen molar-refractivity contribution in [3.63, 3.8) is 0 Å². The molecule has 2 rings (SSSR count). The molecule has 0 unspecified atom stereocenters. The second-order valence-corrected chi connectivity index (χ2v) is 4.47. The standard InChI is InChI=1S/C14H18N4O3/c19-13(17-6-1-4-12-15-8-9-16-12)5-7-18-14(20)11-3-2-10-21-11/h2-3,8-10H,1,4-7H2,(H,15,16)(H,17,19)(H,18,20). The zero-order valence-electron chi connectivity index (χ0n) is 11.6. The van der Waals surface area contributed by atoms with Crippen molar-refractivity contribution in [3.05, 3.63) is 42.4 Å². The Balaban J connectivity index is 1.52. The van der Waals surface area contributed by atoms with Crippen molar-refractivity contribution in [1.82, 2.24) is 20.6 Å². The number of nitrogens with one attached hydrogen (secondary N) is 3. The molecule has 0 aliphatic rings. The maximum absolute atomic E-state index is 11.6. The Hall–Kier alpha value is -2.57. The maximum Gasteiger partial charge on any atom is 0.286 e. The number of hydrogen-bond donors (Lipinski definition) is 3. The summed E-state index contributed by atoms with van der Waals surface area (Å²) >= 11 is 0. The molecule has 0 aliphatic carbocycles. The zero-order valence-corrected chi connectivity index (χ0v) is 11.6. The van der Waals surface area contributed by atoms with E-state index in [-0.39, 0.29) is 30.5 Å². The van der Waals surface area contributed by atoms with Crippen molar-refractivity contribution in [2.75, 3.05) is 13.1 Å². The summed E-state index contributed by atoms with van der Waals surface area (Å²) in [5.74, 6) is 0.753. The van der Waals surface area contributed by atoms with Crippen LogP contribution >= 0.6 is 0 Å². The van der Waals surface area contributed by atoms with E-state index in [1.165, 1.54) is 6.26 Å². The average Bonchev–Trinajstić information content (AvgIpc) is 3.16. The molecule has 2 heterocycles. The minimum Gasteiger partial charge on any atom is -0.459 e. The molecule has 0 radical (unpaired) electrons. The van der Waals surface area contributed by atoms with E-state index in [4.69, 9.17) is 4.42 Å². The lowest BCUT2D eigenvalue weighted by Gasteiger charge is -2.05. The first kappa shape index (κ1) is 14.8. The predicted octanol–water partition coefficient (Wildman–Crippen LogP) is 0.872. The number of amides is 2. The number of imidazole rings is 1. The first-order valence-corrected chi connectivity index (χ1v) is 6.82. The van der Waals surface area contributed by atoms with E-state index in [1.54, 1.807) is 24.5 Å². The molecule has 0 fully saturated rings. The summed E-state index contributed by atoms with van der Waals surface area (Å²) in [5.41, 5.74) is 0. The third kappa shape index (κ3) is 5.13.